The smallest absolute Gasteiger partial charge is 0.334 e. The summed E-state index contributed by atoms with van der Waals surface area (Å²) >= 11 is 0. The number of aromatic nitrogens is 1. The maximum atomic E-state index is 11.7. The molecule has 7 nitrogen and oxygen atoms in total. The third kappa shape index (κ3) is 3.86. The molecule has 0 bridgehead atoms. The molecule has 1 aromatic rings. The van der Waals surface area contributed by atoms with Gasteiger partial charge in [-0.2, -0.15) is 0 Å². The Morgan fingerprint density at radius 3 is 2.89 bits per heavy atom. The van der Waals surface area contributed by atoms with E-state index in [1.807, 2.05) is 0 Å². The van der Waals surface area contributed by atoms with Crippen molar-refractivity contribution in [2.45, 2.75) is 12.6 Å². The molecule has 0 spiro atoms. The lowest BCUT2D eigenvalue weighted by molar-refractivity contribution is -0.146. The van der Waals surface area contributed by atoms with Crippen molar-refractivity contribution in [2.24, 2.45) is 0 Å². The second kappa shape index (κ2) is 6.77. The summed E-state index contributed by atoms with van der Waals surface area (Å²) in [6.07, 6.45) is 0.123. The number of methoxy groups -OCH3 is 1. The summed E-state index contributed by atoms with van der Waals surface area (Å²) in [6.45, 7) is 0.657. The molecule has 1 aromatic heterocycles. The van der Waals surface area contributed by atoms with E-state index in [0.29, 0.717) is 18.8 Å². The van der Waals surface area contributed by atoms with Gasteiger partial charge in [0.15, 0.2) is 6.10 Å². The molecule has 1 rings (SSSR count). The summed E-state index contributed by atoms with van der Waals surface area (Å²) in [5.74, 6) is -1.80. The molecule has 1 atom stereocenters. The van der Waals surface area contributed by atoms with E-state index < -0.39 is 18.0 Å². The number of rotatable bonds is 7. The average Bonchev–Trinajstić information content (AvgIpc) is 2.81. The second-order valence-corrected chi connectivity index (χ2v) is 3.64. The molecular formula is C11H16N2O5. The predicted octanol–water partition coefficient (Wildman–Crippen LogP) is -0.690. The fraction of sp³-hybridized carbons (Fsp3) is 0.455. The van der Waals surface area contributed by atoms with Crippen molar-refractivity contribution in [3.63, 3.8) is 0 Å². The van der Waals surface area contributed by atoms with Crippen LogP contribution in [0.5, 0.6) is 0 Å². The van der Waals surface area contributed by atoms with Gasteiger partial charge in [-0.05, 0) is 12.1 Å². The van der Waals surface area contributed by atoms with Crippen LogP contribution in [0.25, 0.3) is 0 Å². The van der Waals surface area contributed by atoms with E-state index in [9.17, 15) is 9.59 Å². The average molecular weight is 256 g/mol. The van der Waals surface area contributed by atoms with Crippen molar-refractivity contribution in [1.29, 1.82) is 0 Å². The summed E-state index contributed by atoms with van der Waals surface area (Å²) in [4.78, 5) is 22.1. The van der Waals surface area contributed by atoms with E-state index in [1.165, 1.54) is 0 Å². The minimum Gasteiger partial charge on any atom is -0.479 e. The molecular weight excluding hydrogens is 240 g/mol. The molecule has 0 aromatic carbocycles. The standard InChI is InChI=1S/C11H16N2O5/c1-18-6-5-13-4-2-3-8(13)10(15)12-7-9(14)11(16)17/h2-4,9,14H,5-7H2,1H3,(H,12,15)(H,16,17)/t9-/m0/s1. The topological polar surface area (TPSA) is 101 Å². The van der Waals surface area contributed by atoms with E-state index in [2.05, 4.69) is 5.32 Å². The van der Waals surface area contributed by atoms with Crippen molar-refractivity contribution in [1.82, 2.24) is 9.88 Å². The first-order valence-corrected chi connectivity index (χ1v) is 5.39. The summed E-state index contributed by atoms with van der Waals surface area (Å²) < 4.78 is 6.60. The lowest BCUT2D eigenvalue weighted by Crippen LogP contribution is -2.37. The first kappa shape index (κ1) is 14.2. The van der Waals surface area contributed by atoms with Crippen molar-refractivity contribution in [2.75, 3.05) is 20.3 Å². The lowest BCUT2D eigenvalue weighted by Gasteiger charge is -2.10. The molecule has 0 unspecified atom stereocenters. The number of nitrogens with zero attached hydrogens (tertiary/aromatic N) is 1. The van der Waals surface area contributed by atoms with Crippen LogP contribution in [0, 0.1) is 0 Å². The molecule has 1 amide bonds. The number of hydrogen-bond donors (Lipinski definition) is 3. The number of carbonyl (C=O) groups is 2. The highest BCUT2D eigenvalue weighted by atomic mass is 16.5. The third-order valence-electron chi connectivity index (χ3n) is 2.34. The number of ether oxygens (including phenoxy) is 1. The van der Waals surface area contributed by atoms with Gasteiger partial charge in [0.1, 0.15) is 5.69 Å². The van der Waals surface area contributed by atoms with Crippen LogP contribution in [-0.4, -0.2) is 53.0 Å². The number of nitrogens with one attached hydrogen (secondary N) is 1. The fourth-order valence-electron chi connectivity index (χ4n) is 1.37. The van der Waals surface area contributed by atoms with Crippen LogP contribution in [-0.2, 0) is 16.1 Å². The first-order valence-electron chi connectivity index (χ1n) is 5.39. The molecule has 0 radical (unpaired) electrons. The van der Waals surface area contributed by atoms with Gasteiger partial charge in [0, 0.05) is 19.9 Å². The summed E-state index contributed by atoms with van der Waals surface area (Å²) in [5.41, 5.74) is 0.393. The number of amides is 1. The minimum atomic E-state index is -1.60. The van der Waals surface area contributed by atoms with Gasteiger partial charge >= 0.3 is 5.97 Å². The highest BCUT2D eigenvalue weighted by Gasteiger charge is 2.16. The molecule has 0 aliphatic rings. The Morgan fingerprint density at radius 1 is 1.56 bits per heavy atom. The number of carboxylic acid groups (broad SMARTS) is 1. The zero-order chi connectivity index (χ0) is 13.5. The van der Waals surface area contributed by atoms with Gasteiger partial charge in [-0.3, -0.25) is 4.79 Å². The van der Waals surface area contributed by atoms with E-state index in [4.69, 9.17) is 14.9 Å². The van der Waals surface area contributed by atoms with Gasteiger partial charge in [0.2, 0.25) is 0 Å². The Bertz CT molecular complexity index is 415. The summed E-state index contributed by atoms with van der Waals surface area (Å²) in [6, 6.07) is 3.32. The zero-order valence-corrected chi connectivity index (χ0v) is 10.00. The molecule has 0 saturated heterocycles. The molecule has 0 aliphatic heterocycles. The number of carbonyl (C=O) groups excluding carboxylic acids is 1. The summed E-state index contributed by atoms with van der Waals surface area (Å²) in [5, 5.41) is 19.9. The van der Waals surface area contributed by atoms with Gasteiger partial charge in [0.25, 0.3) is 5.91 Å². The van der Waals surface area contributed by atoms with E-state index >= 15 is 0 Å². The van der Waals surface area contributed by atoms with Crippen LogP contribution in [0.2, 0.25) is 0 Å². The Labute approximate surface area is 104 Å². The Balaban J connectivity index is 2.56. The minimum absolute atomic E-state index is 0.330. The first-order chi connectivity index (χ1) is 8.56. The number of carboxylic acids is 1. The van der Waals surface area contributed by atoms with Crippen LogP contribution in [0.3, 0.4) is 0 Å². The molecule has 0 aliphatic carbocycles. The molecule has 100 valence electrons. The largest absolute Gasteiger partial charge is 0.479 e. The lowest BCUT2D eigenvalue weighted by atomic mass is 10.3. The number of hydrogen-bond acceptors (Lipinski definition) is 4. The van der Waals surface area contributed by atoms with Crippen molar-refractivity contribution in [3.05, 3.63) is 24.0 Å². The fourth-order valence-corrected chi connectivity index (χ4v) is 1.37. The van der Waals surface area contributed by atoms with Gasteiger partial charge in [0.05, 0.1) is 13.2 Å². The monoisotopic (exact) mass is 256 g/mol. The number of aliphatic hydroxyl groups excluding tert-OH is 1. The van der Waals surface area contributed by atoms with Crippen molar-refractivity contribution in [3.8, 4) is 0 Å². The molecule has 3 N–H and O–H groups in total. The van der Waals surface area contributed by atoms with Crippen LogP contribution in [0.1, 0.15) is 10.5 Å². The maximum Gasteiger partial charge on any atom is 0.334 e. The van der Waals surface area contributed by atoms with Gasteiger partial charge in [-0.25, -0.2) is 4.79 Å². The SMILES string of the molecule is COCCn1cccc1C(=O)NC[C@H](O)C(=O)O. The van der Waals surface area contributed by atoms with E-state index in [1.54, 1.807) is 30.0 Å². The van der Waals surface area contributed by atoms with E-state index in [-0.39, 0.29) is 6.54 Å². The normalized spacial score (nSPS) is 12.1. The van der Waals surface area contributed by atoms with Gasteiger partial charge in [-0.1, -0.05) is 0 Å². The van der Waals surface area contributed by atoms with Crippen LogP contribution in [0.4, 0.5) is 0 Å². The molecule has 0 saturated carbocycles. The highest BCUT2D eigenvalue weighted by Crippen LogP contribution is 2.02. The Kier molecular flexibility index (Phi) is 5.34. The number of aliphatic hydroxyl groups is 1. The predicted molar refractivity (Wildman–Crippen MR) is 62.3 cm³/mol. The highest BCUT2D eigenvalue weighted by molar-refractivity contribution is 5.93. The molecule has 1 heterocycles. The van der Waals surface area contributed by atoms with Crippen molar-refractivity contribution >= 4 is 11.9 Å². The Hall–Kier alpha value is -1.86. The molecule has 18 heavy (non-hydrogen) atoms. The van der Waals surface area contributed by atoms with Crippen LogP contribution >= 0.6 is 0 Å². The summed E-state index contributed by atoms with van der Waals surface area (Å²) in [7, 11) is 1.56. The third-order valence-corrected chi connectivity index (χ3v) is 2.34. The second-order valence-electron chi connectivity index (χ2n) is 3.64. The quantitative estimate of drug-likeness (QED) is 0.599. The van der Waals surface area contributed by atoms with Gasteiger partial charge < -0.3 is 24.8 Å². The molecule has 0 fully saturated rings. The molecule has 7 heteroatoms. The van der Waals surface area contributed by atoms with Crippen LogP contribution < -0.4 is 5.32 Å². The van der Waals surface area contributed by atoms with E-state index in [0.717, 1.165) is 0 Å². The van der Waals surface area contributed by atoms with Crippen LogP contribution in [0.15, 0.2) is 18.3 Å². The number of aliphatic carboxylic acids is 1. The Morgan fingerprint density at radius 2 is 2.28 bits per heavy atom. The maximum absolute atomic E-state index is 11.7. The van der Waals surface area contributed by atoms with Gasteiger partial charge in [-0.15, -0.1) is 0 Å². The van der Waals surface area contributed by atoms with Crippen molar-refractivity contribution < 1.29 is 24.5 Å². The zero-order valence-electron chi connectivity index (χ0n) is 10.00.